The number of rotatable bonds is 12. The van der Waals surface area contributed by atoms with Gasteiger partial charge in [0.25, 0.3) is 0 Å². The number of nitrogens with one attached hydrogen (secondary N) is 3. The number of hydrogen-bond donors (Lipinski definition) is 4. The van der Waals surface area contributed by atoms with Crippen molar-refractivity contribution >= 4 is 29.1 Å². The van der Waals surface area contributed by atoms with Crippen LogP contribution < -0.4 is 25.5 Å². The highest BCUT2D eigenvalue weighted by molar-refractivity contribution is 5.99. The van der Waals surface area contributed by atoms with Crippen molar-refractivity contribution in [2.75, 3.05) is 20.3 Å². The lowest BCUT2D eigenvalue weighted by Crippen LogP contribution is -2.45. The zero-order valence-electron chi connectivity index (χ0n) is 25.6. The first kappa shape index (κ1) is 31.6. The Labute approximate surface area is 265 Å². The van der Waals surface area contributed by atoms with Crippen molar-refractivity contribution in [2.45, 2.75) is 32.7 Å². The van der Waals surface area contributed by atoms with Crippen LogP contribution in [0.15, 0.2) is 89.3 Å². The van der Waals surface area contributed by atoms with Gasteiger partial charge in [-0.05, 0) is 49.2 Å². The van der Waals surface area contributed by atoms with Crippen LogP contribution in [-0.2, 0) is 16.1 Å². The number of fused-ring (bicyclic) bond motifs is 1. The van der Waals surface area contributed by atoms with Crippen LogP contribution in [0.3, 0.4) is 0 Å². The summed E-state index contributed by atoms with van der Waals surface area (Å²) >= 11 is 0. The van der Waals surface area contributed by atoms with Crippen LogP contribution in [0.2, 0.25) is 0 Å². The van der Waals surface area contributed by atoms with Gasteiger partial charge in [0.15, 0.2) is 17.7 Å². The van der Waals surface area contributed by atoms with Crippen molar-refractivity contribution in [3.63, 3.8) is 0 Å². The van der Waals surface area contributed by atoms with Gasteiger partial charge < -0.3 is 34.5 Å². The number of allylic oxidation sites excluding steroid dienone is 1. The Kier molecular flexibility index (Phi) is 9.84. The number of para-hydroxylation sites is 1. The number of carbonyl (C=O) groups is 2. The number of nitriles is 1. The van der Waals surface area contributed by atoms with Crippen LogP contribution in [0.1, 0.15) is 42.1 Å². The van der Waals surface area contributed by atoms with Gasteiger partial charge in [0.1, 0.15) is 6.61 Å². The number of urea groups is 1. The molecular formula is C34H34N6O6. The summed E-state index contributed by atoms with van der Waals surface area (Å²) < 4.78 is 18.6. The maximum atomic E-state index is 12.5. The maximum Gasteiger partial charge on any atom is 0.337 e. The summed E-state index contributed by atoms with van der Waals surface area (Å²) in [5.74, 6) is 0.157. The summed E-state index contributed by atoms with van der Waals surface area (Å²) in [5, 5.41) is 30.6. The SMILES string of the molecule is CCOc1cc([C@@H]2NC(=O)NC(C)=C2C(=O)OC)ccc1OC[C@H](O)N/N=C\c1cn(Cc2ccccc2C#N)c2ccccc12. The number of carbonyl (C=O) groups excluding carboxylic acids is 2. The minimum atomic E-state index is -1.15. The highest BCUT2D eigenvalue weighted by atomic mass is 16.5. The fourth-order valence-electron chi connectivity index (χ4n) is 5.27. The standard InChI is InChI=1S/C34H34N6O6/c1-4-45-29-15-22(32-31(33(42)44-3)21(2)37-34(43)38-32)13-14-28(29)46-20-30(41)39-36-17-25-19-40(27-12-8-7-11-26(25)27)18-24-10-6-5-9-23(24)16-35/h5-15,17,19,30,32,39,41H,4,18,20H2,1-3H3,(H2,37,38,43)/b36-17-/t30-,32-/m0/s1. The van der Waals surface area contributed by atoms with Crippen molar-refractivity contribution in [3.8, 4) is 17.6 Å². The number of aromatic nitrogens is 1. The molecule has 236 valence electrons. The molecule has 2 atom stereocenters. The lowest BCUT2D eigenvalue weighted by atomic mass is 9.95. The van der Waals surface area contributed by atoms with E-state index in [2.05, 4.69) is 31.8 Å². The number of esters is 1. The fourth-order valence-corrected chi connectivity index (χ4v) is 5.27. The summed E-state index contributed by atoms with van der Waals surface area (Å²) in [6.07, 6.45) is 2.43. The molecule has 0 unspecified atom stereocenters. The lowest BCUT2D eigenvalue weighted by molar-refractivity contribution is -0.136. The number of aliphatic hydroxyl groups excluding tert-OH is 1. The van der Waals surface area contributed by atoms with Crippen molar-refractivity contribution in [3.05, 3.63) is 106 Å². The van der Waals surface area contributed by atoms with Crippen LogP contribution in [0, 0.1) is 11.3 Å². The fraction of sp³-hybridized carbons (Fsp3) is 0.235. The first-order chi connectivity index (χ1) is 22.3. The Morgan fingerprint density at radius 2 is 1.93 bits per heavy atom. The van der Waals surface area contributed by atoms with Gasteiger partial charge in [-0.15, -0.1) is 0 Å². The Balaban J connectivity index is 1.27. The number of ether oxygens (including phenoxy) is 3. The highest BCUT2D eigenvalue weighted by Crippen LogP contribution is 2.35. The molecule has 46 heavy (non-hydrogen) atoms. The van der Waals surface area contributed by atoms with Gasteiger partial charge in [0.2, 0.25) is 0 Å². The average Bonchev–Trinajstić information content (AvgIpc) is 3.40. The first-order valence-electron chi connectivity index (χ1n) is 14.6. The topological polar surface area (TPSA) is 159 Å². The number of methoxy groups -OCH3 is 1. The van der Waals surface area contributed by atoms with E-state index in [1.54, 1.807) is 37.4 Å². The highest BCUT2D eigenvalue weighted by Gasteiger charge is 2.32. The molecule has 2 amide bonds. The normalized spacial score (nSPS) is 15.2. The van der Waals surface area contributed by atoms with Gasteiger partial charge in [-0.1, -0.05) is 42.5 Å². The van der Waals surface area contributed by atoms with E-state index in [1.165, 1.54) is 7.11 Å². The third-order valence-corrected chi connectivity index (χ3v) is 7.40. The first-order valence-corrected chi connectivity index (χ1v) is 14.6. The van der Waals surface area contributed by atoms with E-state index in [-0.39, 0.29) is 12.2 Å². The summed E-state index contributed by atoms with van der Waals surface area (Å²) in [4.78, 5) is 24.7. The maximum absolute atomic E-state index is 12.5. The molecule has 1 aliphatic rings. The molecule has 0 radical (unpaired) electrons. The number of hydrazone groups is 1. The number of benzene rings is 3. The Morgan fingerprint density at radius 3 is 2.72 bits per heavy atom. The molecule has 12 nitrogen and oxygen atoms in total. The molecule has 4 aromatic rings. The summed E-state index contributed by atoms with van der Waals surface area (Å²) in [5.41, 5.74) is 7.29. The van der Waals surface area contributed by atoms with E-state index in [0.29, 0.717) is 41.5 Å². The van der Waals surface area contributed by atoms with E-state index in [0.717, 1.165) is 22.0 Å². The number of hydrogen-bond acceptors (Lipinski definition) is 9. The van der Waals surface area contributed by atoms with Gasteiger partial charge in [-0.3, -0.25) is 5.43 Å². The van der Waals surface area contributed by atoms with Crippen molar-refractivity contribution in [2.24, 2.45) is 5.10 Å². The Morgan fingerprint density at radius 1 is 1.15 bits per heavy atom. The molecule has 0 saturated carbocycles. The van der Waals surface area contributed by atoms with Gasteiger partial charge in [0.05, 0.1) is 43.2 Å². The molecule has 0 spiro atoms. The number of amides is 2. The van der Waals surface area contributed by atoms with Gasteiger partial charge in [0, 0.05) is 34.9 Å². The van der Waals surface area contributed by atoms with Gasteiger partial charge in [-0.25, -0.2) is 9.59 Å². The molecule has 4 N–H and O–H groups in total. The molecule has 1 aromatic heterocycles. The van der Waals surface area contributed by atoms with E-state index >= 15 is 0 Å². The summed E-state index contributed by atoms with van der Waals surface area (Å²) in [6, 6.07) is 21.4. The molecule has 12 heteroatoms. The Hall–Kier alpha value is -5.80. The van der Waals surface area contributed by atoms with Gasteiger partial charge in [-0.2, -0.15) is 10.4 Å². The quantitative estimate of drug-likeness (QED) is 0.0796. The predicted molar refractivity (Wildman–Crippen MR) is 171 cm³/mol. The molecule has 3 aromatic carbocycles. The van der Waals surface area contributed by atoms with Crippen molar-refractivity contribution < 1.29 is 28.9 Å². The molecule has 5 rings (SSSR count). The monoisotopic (exact) mass is 622 g/mol. The second-order valence-corrected chi connectivity index (χ2v) is 10.4. The summed E-state index contributed by atoms with van der Waals surface area (Å²) in [7, 11) is 1.28. The van der Waals surface area contributed by atoms with Crippen LogP contribution >= 0.6 is 0 Å². The second-order valence-electron chi connectivity index (χ2n) is 10.4. The molecule has 0 bridgehead atoms. The lowest BCUT2D eigenvalue weighted by Gasteiger charge is -2.28. The van der Waals surface area contributed by atoms with E-state index in [4.69, 9.17) is 14.2 Å². The molecule has 0 aliphatic carbocycles. The number of aliphatic hydroxyl groups is 1. The molecular weight excluding hydrogens is 588 g/mol. The third-order valence-electron chi connectivity index (χ3n) is 7.40. The summed E-state index contributed by atoms with van der Waals surface area (Å²) in [6.45, 7) is 4.14. The van der Waals surface area contributed by atoms with Crippen LogP contribution in [0.25, 0.3) is 10.9 Å². The van der Waals surface area contributed by atoms with Crippen LogP contribution in [-0.4, -0.2) is 54.4 Å². The molecule has 1 aliphatic heterocycles. The average molecular weight is 623 g/mol. The van der Waals surface area contributed by atoms with E-state index < -0.39 is 24.3 Å². The van der Waals surface area contributed by atoms with Gasteiger partial charge >= 0.3 is 12.0 Å². The zero-order chi connectivity index (χ0) is 32.6. The number of nitrogens with zero attached hydrogens (tertiary/aromatic N) is 3. The van der Waals surface area contributed by atoms with Crippen molar-refractivity contribution in [1.29, 1.82) is 5.26 Å². The molecule has 0 fully saturated rings. The molecule has 0 saturated heterocycles. The van der Waals surface area contributed by atoms with Crippen LogP contribution in [0.5, 0.6) is 11.5 Å². The zero-order valence-corrected chi connectivity index (χ0v) is 25.6. The van der Waals surface area contributed by atoms with E-state index in [1.807, 2.05) is 55.6 Å². The Bertz CT molecular complexity index is 1860. The smallest absolute Gasteiger partial charge is 0.337 e. The van der Waals surface area contributed by atoms with Crippen molar-refractivity contribution in [1.82, 2.24) is 20.6 Å². The second kappa shape index (κ2) is 14.3. The third kappa shape index (κ3) is 6.95. The minimum absolute atomic E-state index is 0.153. The largest absolute Gasteiger partial charge is 0.490 e. The minimum Gasteiger partial charge on any atom is -0.490 e. The molecule has 2 heterocycles. The van der Waals surface area contributed by atoms with E-state index in [9.17, 15) is 20.0 Å². The van der Waals surface area contributed by atoms with Crippen LogP contribution in [0.4, 0.5) is 4.79 Å². The predicted octanol–water partition coefficient (Wildman–Crippen LogP) is 4.08.